The summed E-state index contributed by atoms with van der Waals surface area (Å²) >= 11 is 4.25. The smallest absolute Gasteiger partial charge is 0.303 e. The van der Waals surface area contributed by atoms with E-state index in [1.54, 1.807) is 0 Å². The average Bonchev–Trinajstić information content (AvgIpc) is 2.09. The third-order valence-corrected chi connectivity index (χ3v) is 2.89. The van der Waals surface area contributed by atoms with Crippen molar-refractivity contribution in [3.63, 3.8) is 0 Å². The Labute approximate surface area is 89.5 Å². The minimum atomic E-state index is -0.838. The van der Waals surface area contributed by atoms with Gasteiger partial charge in [-0.25, -0.2) is 0 Å². The van der Waals surface area contributed by atoms with E-state index in [-0.39, 0.29) is 23.9 Å². The highest BCUT2D eigenvalue weighted by Crippen LogP contribution is 2.23. The molecule has 14 heavy (non-hydrogen) atoms. The lowest BCUT2D eigenvalue weighted by Gasteiger charge is -2.17. The zero-order valence-corrected chi connectivity index (χ0v) is 9.04. The fraction of sp³-hybridized carbons (Fsp3) is 0.750. The van der Waals surface area contributed by atoms with E-state index < -0.39 is 11.9 Å². The van der Waals surface area contributed by atoms with E-state index >= 15 is 0 Å². The van der Waals surface area contributed by atoms with Crippen molar-refractivity contribution in [3.05, 3.63) is 0 Å². The molecule has 2 atom stereocenters. The first-order valence-electron chi connectivity index (χ1n) is 4.55. The second kappa shape index (κ2) is 6.76. The Hall–Kier alpha value is -0.645. The van der Waals surface area contributed by atoms with Gasteiger partial charge in [0.15, 0.2) is 0 Å². The molecule has 80 valence electrons. The maximum absolute atomic E-state index is 10.3. The van der Waals surface area contributed by atoms with Crippen LogP contribution in [0.25, 0.3) is 0 Å². The van der Waals surface area contributed by atoms with Crippen LogP contribution in [0.2, 0.25) is 5.82 Å². The van der Waals surface area contributed by atoms with Gasteiger partial charge in [-0.05, 0) is 18.1 Å². The van der Waals surface area contributed by atoms with Crippen LogP contribution in [0, 0.1) is 0 Å². The number of thiol groups is 1. The third kappa shape index (κ3) is 6.83. The molecule has 0 fully saturated rings. The van der Waals surface area contributed by atoms with Gasteiger partial charge in [-0.15, -0.1) is 0 Å². The highest BCUT2D eigenvalue weighted by atomic mass is 32.1. The Morgan fingerprint density at radius 1 is 1.14 bits per heavy atom. The van der Waals surface area contributed by atoms with Gasteiger partial charge >= 0.3 is 11.9 Å². The molecule has 0 radical (unpaired) electrons. The van der Waals surface area contributed by atoms with Gasteiger partial charge in [0.25, 0.3) is 0 Å². The molecule has 0 amide bonds. The molecule has 0 heterocycles. The number of carbonyl (C=O) groups is 2. The van der Waals surface area contributed by atoms with Crippen LogP contribution >= 0.6 is 12.6 Å². The lowest BCUT2D eigenvalue weighted by molar-refractivity contribution is -0.138. The van der Waals surface area contributed by atoms with E-state index in [2.05, 4.69) is 12.6 Å². The van der Waals surface area contributed by atoms with Crippen LogP contribution in [0.4, 0.5) is 0 Å². The van der Waals surface area contributed by atoms with Gasteiger partial charge in [0.2, 0.25) is 0 Å². The number of hydrogen-bond acceptors (Lipinski definition) is 3. The number of rotatable bonds is 7. The monoisotopic (exact) mass is 218 g/mol. The minimum Gasteiger partial charge on any atom is -0.481 e. The standard InChI is InChI=1S/C8H15BO4S/c9-5(1-3-7(10)11)6(14)2-4-8(12)13/h5-6,14H,1-4,9H2,(H,10,11)(H,12,13). The highest BCUT2D eigenvalue weighted by molar-refractivity contribution is 7.81. The second-order valence-electron chi connectivity index (χ2n) is 3.41. The number of aliphatic carboxylic acids is 2. The van der Waals surface area contributed by atoms with Crippen LogP contribution in [0.1, 0.15) is 25.7 Å². The van der Waals surface area contributed by atoms with Gasteiger partial charge in [0.05, 0.1) is 0 Å². The molecular formula is C8H15BO4S. The molecule has 0 saturated heterocycles. The minimum absolute atomic E-state index is 0.0366. The molecule has 6 heteroatoms. The van der Waals surface area contributed by atoms with Crippen LogP contribution in [-0.4, -0.2) is 35.2 Å². The van der Waals surface area contributed by atoms with Gasteiger partial charge in [-0.2, -0.15) is 12.6 Å². The van der Waals surface area contributed by atoms with Crippen LogP contribution in [-0.2, 0) is 9.59 Å². The molecule has 0 bridgehead atoms. The van der Waals surface area contributed by atoms with Crippen molar-refractivity contribution in [2.75, 3.05) is 0 Å². The lowest BCUT2D eigenvalue weighted by atomic mass is 9.79. The van der Waals surface area contributed by atoms with Crippen molar-refractivity contribution in [1.82, 2.24) is 0 Å². The second-order valence-corrected chi connectivity index (χ2v) is 4.07. The summed E-state index contributed by atoms with van der Waals surface area (Å²) in [5.74, 6) is -1.53. The summed E-state index contributed by atoms with van der Waals surface area (Å²) in [6, 6.07) is 0. The van der Waals surface area contributed by atoms with E-state index in [0.717, 1.165) is 0 Å². The van der Waals surface area contributed by atoms with Crippen LogP contribution in [0.15, 0.2) is 0 Å². The van der Waals surface area contributed by atoms with E-state index in [9.17, 15) is 9.59 Å². The summed E-state index contributed by atoms with van der Waals surface area (Å²) in [4.78, 5) is 20.5. The first kappa shape index (κ1) is 13.4. The zero-order chi connectivity index (χ0) is 11.1. The first-order chi connectivity index (χ1) is 6.43. The summed E-state index contributed by atoms with van der Waals surface area (Å²) in [5, 5.41) is 16.8. The Balaban J connectivity index is 3.69. The van der Waals surface area contributed by atoms with Crippen LogP contribution in [0.3, 0.4) is 0 Å². The molecule has 0 aliphatic heterocycles. The summed E-state index contributed by atoms with van der Waals surface area (Å²) in [5.41, 5.74) is 0. The van der Waals surface area contributed by atoms with Gasteiger partial charge in [0.1, 0.15) is 7.85 Å². The zero-order valence-electron chi connectivity index (χ0n) is 8.14. The molecule has 0 rings (SSSR count). The molecule has 4 nitrogen and oxygen atoms in total. The van der Waals surface area contributed by atoms with Gasteiger partial charge < -0.3 is 10.2 Å². The maximum Gasteiger partial charge on any atom is 0.303 e. The van der Waals surface area contributed by atoms with Crippen LogP contribution in [0.5, 0.6) is 0 Å². The average molecular weight is 218 g/mol. The SMILES string of the molecule is BC(CCC(=O)O)C(S)CCC(=O)O. The maximum atomic E-state index is 10.3. The molecule has 0 aliphatic carbocycles. The molecule has 0 aromatic carbocycles. The Morgan fingerprint density at radius 3 is 2.00 bits per heavy atom. The van der Waals surface area contributed by atoms with Gasteiger partial charge in [-0.3, -0.25) is 9.59 Å². The molecular weight excluding hydrogens is 203 g/mol. The van der Waals surface area contributed by atoms with Crippen molar-refractivity contribution in [1.29, 1.82) is 0 Å². The van der Waals surface area contributed by atoms with E-state index in [1.165, 1.54) is 0 Å². The Kier molecular flexibility index (Phi) is 6.45. The van der Waals surface area contributed by atoms with Crippen LogP contribution < -0.4 is 0 Å². The summed E-state index contributed by atoms with van der Waals surface area (Å²) < 4.78 is 0. The van der Waals surface area contributed by atoms with Crippen molar-refractivity contribution in [2.45, 2.75) is 36.8 Å². The summed E-state index contributed by atoms with van der Waals surface area (Å²) in [6.45, 7) is 0. The normalized spacial score (nSPS) is 14.6. The molecule has 2 N–H and O–H groups in total. The largest absolute Gasteiger partial charge is 0.481 e. The van der Waals surface area contributed by atoms with Crippen molar-refractivity contribution >= 4 is 32.4 Å². The molecule has 0 saturated carbocycles. The van der Waals surface area contributed by atoms with Crippen molar-refractivity contribution in [2.24, 2.45) is 0 Å². The number of carboxylic acid groups (broad SMARTS) is 2. The lowest BCUT2D eigenvalue weighted by Crippen LogP contribution is -2.13. The van der Waals surface area contributed by atoms with Gasteiger partial charge in [-0.1, -0.05) is 5.82 Å². The fourth-order valence-corrected chi connectivity index (χ4v) is 1.38. The summed E-state index contributed by atoms with van der Waals surface area (Å²) in [6.07, 6.45) is 1.24. The molecule has 0 spiro atoms. The highest BCUT2D eigenvalue weighted by Gasteiger charge is 2.15. The van der Waals surface area contributed by atoms with Gasteiger partial charge in [0, 0.05) is 12.8 Å². The number of carboxylic acids is 2. The predicted octanol–water partition coefficient (Wildman–Crippen LogP) is 0.436. The first-order valence-corrected chi connectivity index (χ1v) is 5.06. The van der Waals surface area contributed by atoms with E-state index in [0.29, 0.717) is 12.8 Å². The van der Waals surface area contributed by atoms with E-state index in [4.69, 9.17) is 10.2 Å². The molecule has 2 unspecified atom stereocenters. The Morgan fingerprint density at radius 2 is 1.57 bits per heavy atom. The molecule has 0 aromatic rings. The quantitative estimate of drug-likeness (QED) is 0.428. The summed E-state index contributed by atoms with van der Waals surface area (Å²) in [7, 11) is 1.89. The fourth-order valence-electron chi connectivity index (χ4n) is 1.10. The van der Waals surface area contributed by atoms with E-state index in [1.807, 2.05) is 7.85 Å². The van der Waals surface area contributed by atoms with Crippen molar-refractivity contribution < 1.29 is 19.8 Å². The number of hydrogen-bond donors (Lipinski definition) is 3. The molecule has 0 aliphatic rings. The third-order valence-electron chi connectivity index (χ3n) is 2.12. The van der Waals surface area contributed by atoms with Crippen molar-refractivity contribution in [3.8, 4) is 0 Å². The predicted molar refractivity (Wildman–Crippen MR) is 58.8 cm³/mol. The molecule has 0 aromatic heterocycles. The topological polar surface area (TPSA) is 74.6 Å². The Bertz CT molecular complexity index is 188.